The minimum absolute atomic E-state index is 0.604. The van der Waals surface area contributed by atoms with E-state index in [2.05, 4.69) is 25.2 Å². The highest BCUT2D eigenvalue weighted by Gasteiger charge is 2.30. The lowest BCUT2D eigenvalue weighted by molar-refractivity contribution is -0.144. The van der Waals surface area contributed by atoms with Gasteiger partial charge in [-0.05, 0) is 69.8 Å². The summed E-state index contributed by atoms with van der Waals surface area (Å²) in [5.74, 6) is 0.0970. The first kappa shape index (κ1) is 17.5. The number of carboxylic acid groups (broad SMARTS) is 1. The van der Waals surface area contributed by atoms with E-state index in [1.54, 1.807) is 6.92 Å². The van der Waals surface area contributed by atoms with Gasteiger partial charge in [0, 0.05) is 0 Å². The SMILES string of the molecule is CCNC(C)(CCCCOc1cc(C)cc(C)c1)C(=O)O. The molecule has 0 fully saturated rings. The number of ether oxygens (including phenoxy) is 1. The van der Waals surface area contributed by atoms with Gasteiger partial charge in [0.05, 0.1) is 6.61 Å². The summed E-state index contributed by atoms with van der Waals surface area (Å²) in [6.45, 7) is 9.03. The number of hydrogen-bond donors (Lipinski definition) is 2. The molecule has 1 aromatic carbocycles. The van der Waals surface area contributed by atoms with Crippen molar-refractivity contribution in [3.8, 4) is 5.75 Å². The van der Waals surface area contributed by atoms with Crippen LogP contribution in [0.1, 0.15) is 44.2 Å². The molecule has 1 aromatic rings. The fraction of sp³-hybridized carbons (Fsp3) is 0.588. The normalized spacial score (nSPS) is 13.7. The van der Waals surface area contributed by atoms with E-state index in [4.69, 9.17) is 4.74 Å². The summed E-state index contributed by atoms with van der Waals surface area (Å²) in [4.78, 5) is 11.3. The van der Waals surface area contributed by atoms with Gasteiger partial charge in [-0.25, -0.2) is 0 Å². The molecule has 118 valence electrons. The number of carboxylic acids is 1. The number of rotatable bonds is 9. The largest absolute Gasteiger partial charge is 0.494 e. The number of nitrogens with one attached hydrogen (secondary N) is 1. The van der Waals surface area contributed by atoms with Crippen molar-refractivity contribution in [2.75, 3.05) is 13.2 Å². The van der Waals surface area contributed by atoms with Gasteiger partial charge in [-0.1, -0.05) is 13.0 Å². The van der Waals surface area contributed by atoms with Crippen molar-refractivity contribution in [3.05, 3.63) is 29.3 Å². The molecule has 4 nitrogen and oxygen atoms in total. The zero-order chi connectivity index (χ0) is 15.9. The Kier molecular flexibility index (Phi) is 6.69. The fourth-order valence-electron chi connectivity index (χ4n) is 2.45. The predicted molar refractivity (Wildman–Crippen MR) is 85.0 cm³/mol. The van der Waals surface area contributed by atoms with Gasteiger partial charge in [-0.2, -0.15) is 0 Å². The predicted octanol–water partition coefficient (Wildman–Crippen LogP) is 3.31. The molecule has 0 radical (unpaired) electrons. The Morgan fingerprint density at radius 2 is 1.86 bits per heavy atom. The van der Waals surface area contributed by atoms with Gasteiger partial charge in [0.15, 0.2) is 0 Å². The van der Waals surface area contributed by atoms with Gasteiger partial charge in [0.2, 0.25) is 0 Å². The molecule has 0 aliphatic rings. The second kappa shape index (κ2) is 8.03. The number of carbonyl (C=O) groups is 1. The number of likely N-dealkylation sites (N-methyl/N-ethyl adjacent to an activating group) is 1. The Balaban J connectivity index is 2.35. The molecular weight excluding hydrogens is 266 g/mol. The minimum atomic E-state index is -0.839. The van der Waals surface area contributed by atoms with E-state index in [1.807, 2.05) is 19.1 Å². The average Bonchev–Trinajstić information content (AvgIpc) is 2.37. The molecule has 0 saturated heterocycles. The molecule has 0 bridgehead atoms. The summed E-state index contributed by atoms with van der Waals surface area (Å²) < 4.78 is 5.74. The van der Waals surface area contributed by atoms with Crippen LogP contribution in [-0.4, -0.2) is 29.8 Å². The molecule has 1 atom stereocenters. The number of aryl methyl sites for hydroxylation is 2. The quantitative estimate of drug-likeness (QED) is 0.686. The highest BCUT2D eigenvalue weighted by atomic mass is 16.5. The van der Waals surface area contributed by atoms with Gasteiger partial charge in [-0.15, -0.1) is 0 Å². The lowest BCUT2D eigenvalue weighted by atomic mass is 9.95. The molecule has 21 heavy (non-hydrogen) atoms. The number of hydrogen-bond acceptors (Lipinski definition) is 3. The summed E-state index contributed by atoms with van der Waals surface area (Å²) >= 11 is 0. The van der Waals surface area contributed by atoms with E-state index in [0.717, 1.165) is 18.6 Å². The van der Waals surface area contributed by atoms with Crippen molar-refractivity contribution in [2.45, 2.75) is 52.5 Å². The van der Waals surface area contributed by atoms with Crippen LogP contribution >= 0.6 is 0 Å². The highest BCUT2D eigenvalue weighted by molar-refractivity contribution is 5.78. The topological polar surface area (TPSA) is 58.6 Å². The fourth-order valence-corrected chi connectivity index (χ4v) is 2.45. The van der Waals surface area contributed by atoms with Gasteiger partial charge >= 0.3 is 5.97 Å². The maximum Gasteiger partial charge on any atom is 0.323 e. The summed E-state index contributed by atoms with van der Waals surface area (Å²) in [5.41, 5.74) is 1.54. The van der Waals surface area contributed by atoms with E-state index < -0.39 is 11.5 Å². The van der Waals surface area contributed by atoms with Crippen LogP contribution in [0.15, 0.2) is 18.2 Å². The van der Waals surface area contributed by atoms with Crippen molar-refractivity contribution in [2.24, 2.45) is 0 Å². The van der Waals surface area contributed by atoms with Gasteiger partial charge in [-0.3, -0.25) is 4.79 Å². The third-order valence-corrected chi connectivity index (χ3v) is 3.57. The molecule has 0 amide bonds. The van der Waals surface area contributed by atoms with E-state index in [0.29, 0.717) is 19.6 Å². The van der Waals surface area contributed by atoms with E-state index in [1.165, 1.54) is 11.1 Å². The van der Waals surface area contributed by atoms with Crippen LogP contribution < -0.4 is 10.1 Å². The van der Waals surface area contributed by atoms with Crippen LogP contribution in [0.4, 0.5) is 0 Å². The molecule has 2 N–H and O–H groups in total. The maximum atomic E-state index is 11.3. The Morgan fingerprint density at radius 3 is 2.38 bits per heavy atom. The van der Waals surface area contributed by atoms with Crippen LogP contribution in [0.5, 0.6) is 5.75 Å². The van der Waals surface area contributed by atoms with Crippen LogP contribution in [0.3, 0.4) is 0 Å². The Labute approximate surface area is 127 Å². The lowest BCUT2D eigenvalue weighted by Crippen LogP contribution is -2.49. The summed E-state index contributed by atoms with van der Waals surface area (Å²) in [7, 11) is 0. The monoisotopic (exact) mass is 293 g/mol. The van der Waals surface area contributed by atoms with Crippen LogP contribution in [-0.2, 0) is 4.79 Å². The molecule has 0 aliphatic heterocycles. The van der Waals surface area contributed by atoms with Gasteiger partial charge < -0.3 is 15.2 Å². The molecule has 0 aliphatic carbocycles. The van der Waals surface area contributed by atoms with E-state index >= 15 is 0 Å². The summed E-state index contributed by atoms with van der Waals surface area (Å²) in [5, 5.41) is 12.3. The van der Waals surface area contributed by atoms with Gasteiger partial charge in [0.1, 0.15) is 11.3 Å². The third-order valence-electron chi connectivity index (χ3n) is 3.57. The van der Waals surface area contributed by atoms with Crippen molar-refractivity contribution in [1.29, 1.82) is 0 Å². The first-order chi connectivity index (χ1) is 9.87. The Morgan fingerprint density at radius 1 is 1.24 bits per heavy atom. The maximum absolute atomic E-state index is 11.3. The van der Waals surface area contributed by atoms with E-state index in [-0.39, 0.29) is 0 Å². The highest BCUT2D eigenvalue weighted by Crippen LogP contribution is 2.18. The summed E-state index contributed by atoms with van der Waals surface area (Å²) in [6, 6.07) is 6.15. The lowest BCUT2D eigenvalue weighted by Gasteiger charge is -2.25. The molecule has 4 heteroatoms. The second-order valence-electron chi connectivity index (χ2n) is 5.80. The zero-order valence-electron chi connectivity index (χ0n) is 13.5. The molecule has 0 heterocycles. The zero-order valence-corrected chi connectivity index (χ0v) is 13.5. The second-order valence-corrected chi connectivity index (χ2v) is 5.80. The molecule has 0 saturated carbocycles. The average molecular weight is 293 g/mol. The number of aliphatic carboxylic acids is 1. The Bertz CT molecular complexity index is 453. The first-order valence-corrected chi connectivity index (χ1v) is 7.57. The number of unbranched alkanes of at least 4 members (excludes halogenated alkanes) is 1. The van der Waals surface area contributed by atoms with Crippen molar-refractivity contribution in [3.63, 3.8) is 0 Å². The molecule has 1 unspecified atom stereocenters. The number of benzene rings is 1. The Hall–Kier alpha value is -1.55. The van der Waals surface area contributed by atoms with Crippen molar-refractivity contribution >= 4 is 5.97 Å². The van der Waals surface area contributed by atoms with Crippen molar-refractivity contribution < 1.29 is 14.6 Å². The van der Waals surface area contributed by atoms with Crippen LogP contribution in [0, 0.1) is 13.8 Å². The van der Waals surface area contributed by atoms with Crippen LogP contribution in [0.25, 0.3) is 0 Å². The summed E-state index contributed by atoms with van der Waals surface area (Å²) in [6.07, 6.45) is 2.27. The third kappa shape index (κ3) is 5.76. The molecule has 0 aromatic heterocycles. The first-order valence-electron chi connectivity index (χ1n) is 7.57. The standard InChI is InChI=1S/C17H27NO3/c1-5-18-17(4,16(19)20)8-6-7-9-21-15-11-13(2)10-14(3)12-15/h10-12,18H,5-9H2,1-4H3,(H,19,20). The minimum Gasteiger partial charge on any atom is -0.494 e. The molecule has 1 rings (SSSR count). The van der Waals surface area contributed by atoms with Crippen LogP contribution in [0.2, 0.25) is 0 Å². The van der Waals surface area contributed by atoms with Crippen molar-refractivity contribution in [1.82, 2.24) is 5.32 Å². The van der Waals surface area contributed by atoms with Gasteiger partial charge in [0.25, 0.3) is 0 Å². The molecular formula is C17H27NO3. The molecule has 0 spiro atoms. The smallest absolute Gasteiger partial charge is 0.323 e. The van der Waals surface area contributed by atoms with E-state index in [9.17, 15) is 9.90 Å².